The summed E-state index contributed by atoms with van der Waals surface area (Å²) in [7, 11) is 2.86. The highest BCUT2D eigenvalue weighted by molar-refractivity contribution is 5.87. The minimum absolute atomic E-state index is 0.0416. The van der Waals surface area contributed by atoms with E-state index in [1.807, 2.05) is 0 Å². The van der Waals surface area contributed by atoms with E-state index in [-0.39, 0.29) is 18.1 Å². The Morgan fingerprint density at radius 2 is 1.74 bits per heavy atom. The number of rotatable bonds is 8. The number of phenolic OH excluding ortho intramolecular Hbond substituents is 1. The lowest BCUT2D eigenvalue weighted by Crippen LogP contribution is -2.57. The molecule has 6 atom stereocenters. The quantitative estimate of drug-likeness (QED) is 0.203. The number of methoxy groups -OCH3 is 2. The lowest BCUT2D eigenvalue weighted by atomic mass is 9.79. The molecule has 0 radical (unpaired) electrons. The van der Waals surface area contributed by atoms with E-state index in [1.54, 1.807) is 24.3 Å². The molecule has 4 rings (SSSR count). The van der Waals surface area contributed by atoms with Gasteiger partial charge in [0.05, 0.1) is 39.0 Å². The average molecular weight is 547 g/mol. The van der Waals surface area contributed by atoms with Gasteiger partial charge in [0, 0.05) is 24.5 Å². The number of ether oxygens (including phenoxy) is 4. The molecule has 2 aliphatic rings. The van der Waals surface area contributed by atoms with Crippen LogP contribution in [0.1, 0.15) is 41.6 Å². The van der Waals surface area contributed by atoms with Gasteiger partial charge in [0.25, 0.3) is 0 Å². The molecule has 0 amide bonds. The summed E-state index contributed by atoms with van der Waals surface area (Å²) in [5.74, 6) is -2.05. The molecule has 1 aliphatic carbocycles. The number of benzene rings is 2. The average Bonchev–Trinajstić information content (AvgIpc) is 3.27. The predicted octanol–water partition coefficient (Wildman–Crippen LogP) is 0.875. The van der Waals surface area contributed by atoms with Crippen molar-refractivity contribution in [1.29, 1.82) is 0 Å². The third-order valence-electron chi connectivity index (χ3n) is 6.98. The summed E-state index contributed by atoms with van der Waals surface area (Å²) in [5.41, 5.74) is -0.555. The largest absolute Gasteiger partial charge is 0.504 e. The van der Waals surface area contributed by atoms with E-state index in [1.165, 1.54) is 26.4 Å². The summed E-state index contributed by atoms with van der Waals surface area (Å²) in [5, 5.41) is 59.7. The van der Waals surface area contributed by atoms with E-state index in [2.05, 4.69) is 0 Å². The standard InChI is InChI=1S/C27H30O12/c1-36-20-9-14(4-5-17(20)29)23-16(12-28)15-7-13(8-21(37-2)24(15)39-23)3-6-22(32)38-25-18(30)10-27(35,26(33)34)11-19(25)31/h3-9,16,18-19,23,25,28-31,35H,10-12H2,1-2H3,(H,33,34)/t16-,18-,19+,23-,25?,27?/m0/s1. The molecule has 1 fully saturated rings. The zero-order chi connectivity index (χ0) is 28.5. The molecule has 6 N–H and O–H groups in total. The molecule has 1 saturated carbocycles. The number of carbonyl (C=O) groups is 2. The normalized spacial score (nSPS) is 28.0. The van der Waals surface area contributed by atoms with E-state index in [9.17, 15) is 35.1 Å². The molecule has 12 heteroatoms. The van der Waals surface area contributed by atoms with Crippen LogP contribution in [0.15, 0.2) is 36.4 Å². The minimum atomic E-state index is -2.33. The summed E-state index contributed by atoms with van der Waals surface area (Å²) < 4.78 is 21.9. The number of carbonyl (C=O) groups excluding carboxylic acids is 1. The van der Waals surface area contributed by atoms with Crippen molar-refractivity contribution in [3.63, 3.8) is 0 Å². The third-order valence-corrected chi connectivity index (χ3v) is 6.98. The Kier molecular flexibility index (Phi) is 8.02. The van der Waals surface area contributed by atoms with Gasteiger partial charge >= 0.3 is 11.9 Å². The number of aromatic hydroxyl groups is 1. The zero-order valence-electron chi connectivity index (χ0n) is 21.2. The van der Waals surface area contributed by atoms with E-state index < -0.39 is 60.7 Å². The van der Waals surface area contributed by atoms with E-state index in [4.69, 9.17) is 24.1 Å². The van der Waals surface area contributed by atoms with Crippen LogP contribution < -0.4 is 14.2 Å². The lowest BCUT2D eigenvalue weighted by Gasteiger charge is -2.39. The Balaban J connectivity index is 1.53. The molecule has 2 aromatic rings. The number of fused-ring (bicyclic) bond motifs is 1. The van der Waals surface area contributed by atoms with Crippen molar-refractivity contribution in [1.82, 2.24) is 0 Å². The van der Waals surface area contributed by atoms with Crippen LogP contribution in [0.4, 0.5) is 0 Å². The molecule has 0 spiro atoms. The van der Waals surface area contributed by atoms with Crippen molar-refractivity contribution < 1.29 is 59.2 Å². The van der Waals surface area contributed by atoms with Gasteiger partial charge < -0.3 is 49.6 Å². The van der Waals surface area contributed by atoms with Crippen molar-refractivity contribution >= 4 is 18.0 Å². The molecule has 0 bridgehead atoms. The van der Waals surface area contributed by atoms with Gasteiger partial charge in [-0.25, -0.2) is 9.59 Å². The molecule has 2 unspecified atom stereocenters. The molecule has 12 nitrogen and oxygen atoms in total. The number of carboxylic acids is 1. The van der Waals surface area contributed by atoms with Crippen molar-refractivity contribution in [2.24, 2.45) is 0 Å². The van der Waals surface area contributed by atoms with Crippen LogP contribution in [-0.4, -0.2) is 87.3 Å². The summed E-state index contributed by atoms with van der Waals surface area (Å²) >= 11 is 0. The van der Waals surface area contributed by atoms with Gasteiger partial charge in [-0.2, -0.15) is 0 Å². The highest BCUT2D eigenvalue weighted by Crippen LogP contribution is 2.51. The van der Waals surface area contributed by atoms with Gasteiger partial charge in [-0.15, -0.1) is 0 Å². The fourth-order valence-electron chi connectivity index (χ4n) is 4.97. The number of phenols is 1. The summed E-state index contributed by atoms with van der Waals surface area (Å²) in [6.07, 6.45) is -3.98. The molecule has 39 heavy (non-hydrogen) atoms. The first-order valence-electron chi connectivity index (χ1n) is 12.1. The van der Waals surface area contributed by atoms with Crippen LogP contribution in [0.3, 0.4) is 0 Å². The maximum Gasteiger partial charge on any atom is 0.335 e. The fraction of sp³-hybridized carbons (Fsp3) is 0.407. The first kappa shape index (κ1) is 28.2. The second-order valence-electron chi connectivity index (χ2n) is 9.51. The monoisotopic (exact) mass is 546 g/mol. The number of carboxylic acid groups (broad SMARTS) is 1. The number of esters is 1. The van der Waals surface area contributed by atoms with E-state index in [0.29, 0.717) is 28.2 Å². The van der Waals surface area contributed by atoms with Crippen LogP contribution in [-0.2, 0) is 14.3 Å². The molecule has 0 saturated heterocycles. The minimum Gasteiger partial charge on any atom is -0.504 e. The van der Waals surface area contributed by atoms with Gasteiger partial charge in [-0.1, -0.05) is 6.07 Å². The molecular weight excluding hydrogens is 516 g/mol. The molecule has 1 aliphatic heterocycles. The first-order chi connectivity index (χ1) is 18.5. The second-order valence-corrected chi connectivity index (χ2v) is 9.51. The molecular formula is C27H30O12. The van der Waals surface area contributed by atoms with Crippen LogP contribution >= 0.6 is 0 Å². The zero-order valence-corrected chi connectivity index (χ0v) is 21.2. The maximum absolute atomic E-state index is 12.5. The Morgan fingerprint density at radius 3 is 2.33 bits per heavy atom. The van der Waals surface area contributed by atoms with Gasteiger partial charge in [0.1, 0.15) is 6.10 Å². The highest BCUT2D eigenvalue weighted by Gasteiger charge is 2.50. The van der Waals surface area contributed by atoms with Crippen molar-refractivity contribution in [3.05, 3.63) is 53.1 Å². The molecule has 1 heterocycles. The van der Waals surface area contributed by atoms with Crippen LogP contribution in [0, 0.1) is 0 Å². The molecule has 210 valence electrons. The predicted molar refractivity (Wildman–Crippen MR) is 134 cm³/mol. The number of aliphatic hydroxyl groups is 4. The number of hydrogen-bond acceptors (Lipinski definition) is 11. The molecule has 0 aromatic heterocycles. The van der Waals surface area contributed by atoms with Gasteiger partial charge in [0.15, 0.2) is 34.7 Å². The number of aliphatic carboxylic acids is 1. The van der Waals surface area contributed by atoms with Gasteiger partial charge in [-0.05, 0) is 41.5 Å². The van der Waals surface area contributed by atoms with Crippen molar-refractivity contribution in [2.45, 2.75) is 48.8 Å². The summed E-state index contributed by atoms with van der Waals surface area (Å²) in [4.78, 5) is 23.7. The SMILES string of the molecule is COc1cc([C@@H]2Oc3c(OC)cc(C=CC(=O)OC4[C@H](O)CC(O)(C(=O)O)C[C@@H]4O)cc3[C@@H]2CO)ccc1O. The Labute approximate surface area is 223 Å². The van der Waals surface area contributed by atoms with Crippen molar-refractivity contribution in [3.8, 4) is 23.0 Å². The topological polar surface area (TPSA) is 192 Å². The maximum atomic E-state index is 12.5. The van der Waals surface area contributed by atoms with Crippen molar-refractivity contribution in [2.75, 3.05) is 20.8 Å². The van der Waals surface area contributed by atoms with Crippen LogP contribution in [0.5, 0.6) is 23.0 Å². The van der Waals surface area contributed by atoms with Gasteiger partial charge in [-0.3, -0.25) is 0 Å². The summed E-state index contributed by atoms with van der Waals surface area (Å²) in [6.45, 7) is -0.278. The second kappa shape index (κ2) is 11.1. The Bertz CT molecular complexity index is 1260. The lowest BCUT2D eigenvalue weighted by molar-refractivity contribution is -0.196. The van der Waals surface area contributed by atoms with E-state index >= 15 is 0 Å². The van der Waals surface area contributed by atoms with Crippen LogP contribution in [0.2, 0.25) is 0 Å². The third kappa shape index (κ3) is 5.50. The van der Waals surface area contributed by atoms with Crippen LogP contribution in [0.25, 0.3) is 6.08 Å². The molecule has 2 aromatic carbocycles. The fourth-order valence-corrected chi connectivity index (χ4v) is 4.97. The number of hydrogen-bond donors (Lipinski definition) is 6. The Hall–Kier alpha value is -3.84. The van der Waals surface area contributed by atoms with E-state index in [0.717, 1.165) is 6.08 Å². The Morgan fingerprint density at radius 1 is 1.08 bits per heavy atom. The first-order valence-corrected chi connectivity index (χ1v) is 12.1. The number of aliphatic hydroxyl groups excluding tert-OH is 3. The summed E-state index contributed by atoms with van der Waals surface area (Å²) in [6, 6.07) is 8.05. The highest BCUT2D eigenvalue weighted by atomic mass is 16.6. The van der Waals surface area contributed by atoms with Gasteiger partial charge in [0.2, 0.25) is 0 Å². The smallest absolute Gasteiger partial charge is 0.335 e.